The number of likely N-dealkylation sites (N-methyl/N-ethyl adjacent to an activating group) is 1. The Morgan fingerprint density at radius 2 is 2.00 bits per heavy atom. The van der Waals surface area contributed by atoms with E-state index in [2.05, 4.69) is 5.32 Å². The molecule has 0 spiro atoms. The van der Waals surface area contributed by atoms with E-state index < -0.39 is 0 Å². The number of nitrogens with zero attached hydrogens (tertiary/aromatic N) is 1. The lowest BCUT2D eigenvalue weighted by Gasteiger charge is -2.26. The van der Waals surface area contributed by atoms with Crippen molar-refractivity contribution in [1.82, 2.24) is 4.90 Å². The number of anilines is 1. The molecule has 1 aromatic carbocycles. The van der Waals surface area contributed by atoms with Crippen molar-refractivity contribution in [1.29, 1.82) is 0 Å². The Kier molecular flexibility index (Phi) is 5.09. The minimum absolute atomic E-state index is 0.0135. The van der Waals surface area contributed by atoms with Crippen LogP contribution >= 0.6 is 0 Å². The van der Waals surface area contributed by atoms with E-state index in [0.29, 0.717) is 13.1 Å². The highest BCUT2D eigenvalue weighted by molar-refractivity contribution is 5.93. The molecule has 0 atom stereocenters. The van der Waals surface area contributed by atoms with Crippen molar-refractivity contribution < 1.29 is 4.79 Å². The largest absolute Gasteiger partial charge is 0.325 e. The fourth-order valence-corrected chi connectivity index (χ4v) is 2.07. The second-order valence-corrected chi connectivity index (χ2v) is 5.96. The van der Waals surface area contributed by atoms with Gasteiger partial charge in [0.1, 0.15) is 0 Å². The number of carbonyl (C=O) groups is 1. The van der Waals surface area contributed by atoms with E-state index in [1.807, 2.05) is 57.8 Å². The number of carbonyl (C=O) groups excluding carboxylic acids is 1. The second kappa shape index (κ2) is 6.17. The molecular formula is C15H25N3O. The molecule has 1 aromatic rings. The Labute approximate surface area is 116 Å². The number of amides is 1. The molecule has 0 bridgehead atoms. The summed E-state index contributed by atoms with van der Waals surface area (Å²) in [5.74, 6) is -0.0135. The van der Waals surface area contributed by atoms with Gasteiger partial charge in [0.25, 0.3) is 0 Å². The summed E-state index contributed by atoms with van der Waals surface area (Å²) in [7, 11) is 1.90. The first-order valence-corrected chi connectivity index (χ1v) is 6.52. The first-order valence-electron chi connectivity index (χ1n) is 6.52. The molecule has 0 saturated carbocycles. The van der Waals surface area contributed by atoms with Crippen LogP contribution in [0.1, 0.15) is 25.0 Å². The molecule has 0 aliphatic rings. The van der Waals surface area contributed by atoms with Crippen LogP contribution in [-0.2, 0) is 4.79 Å². The standard InChI is InChI=1S/C15H25N3O/c1-11-7-6-8-13(12(11)2)17-14(19)9-18(5)10-15(3,4)16/h6-8H,9-10,16H2,1-5H3,(H,17,19). The lowest BCUT2D eigenvalue weighted by Crippen LogP contribution is -2.45. The van der Waals surface area contributed by atoms with Gasteiger partial charge in [-0.25, -0.2) is 0 Å². The molecule has 0 unspecified atom stereocenters. The molecule has 0 heterocycles. The maximum Gasteiger partial charge on any atom is 0.238 e. The van der Waals surface area contributed by atoms with Crippen molar-refractivity contribution in [3.05, 3.63) is 29.3 Å². The molecule has 1 amide bonds. The lowest BCUT2D eigenvalue weighted by molar-refractivity contribution is -0.117. The maximum absolute atomic E-state index is 12.0. The molecule has 0 fully saturated rings. The first kappa shape index (κ1) is 15.7. The SMILES string of the molecule is Cc1cccc(NC(=O)CN(C)CC(C)(C)N)c1C. The van der Waals surface area contributed by atoms with Crippen LogP contribution in [0.25, 0.3) is 0 Å². The Morgan fingerprint density at radius 1 is 1.37 bits per heavy atom. The molecule has 0 aliphatic carbocycles. The Hall–Kier alpha value is -1.39. The molecule has 106 valence electrons. The molecule has 4 nitrogen and oxygen atoms in total. The number of nitrogens with one attached hydrogen (secondary N) is 1. The van der Waals surface area contributed by atoms with Crippen LogP contribution in [0, 0.1) is 13.8 Å². The molecule has 3 N–H and O–H groups in total. The van der Waals surface area contributed by atoms with Crippen molar-refractivity contribution in [2.75, 3.05) is 25.5 Å². The molecule has 0 aliphatic heterocycles. The average Bonchev–Trinajstić information content (AvgIpc) is 2.21. The van der Waals surface area contributed by atoms with E-state index in [4.69, 9.17) is 5.73 Å². The summed E-state index contributed by atoms with van der Waals surface area (Å²) in [6, 6.07) is 5.91. The van der Waals surface area contributed by atoms with Gasteiger partial charge in [-0.15, -0.1) is 0 Å². The van der Waals surface area contributed by atoms with Gasteiger partial charge in [-0.2, -0.15) is 0 Å². The van der Waals surface area contributed by atoms with E-state index in [0.717, 1.165) is 11.3 Å². The van der Waals surface area contributed by atoms with Crippen LogP contribution < -0.4 is 11.1 Å². The van der Waals surface area contributed by atoms with Gasteiger partial charge in [0.2, 0.25) is 5.91 Å². The van der Waals surface area contributed by atoms with E-state index in [9.17, 15) is 4.79 Å². The molecular weight excluding hydrogens is 238 g/mol. The van der Waals surface area contributed by atoms with Gasteiger partial charge in [0, 0.05) is 17.8 Å². The molecule has 19 heavy (non-hydrogen) atoms. The van der Waals surface area contributed by atoms with E-state index in [1.165, 1.54) is 5.56 Å². The summed E-state index contributed by atoms with van der Waals surface area (Å²) >= 11 is 0. The number of rotatable bonds is 5. The summed E-state index contributed by atoms with van der Waals surface area (Å²) in [6.07, 6.45) is 0. The minimum Gasteiger partial charge on any atom is -0.325 e. The normalized spacial score (nSPS) is 11.7. The van der Waals surface area contributed by atoms with Crippen LogP contribution in [0.2, 0.25) is 0 Å². The molecule has 0 aromatic heterocycles. The van der Waals surface area contributed by atoms with Crippen molar-refractivity contribution in [3.63, 3.8) is 0 Å². The maximum atomic E-state index is 12.0. The number of benzene rings is 1. The summed E-state index contributed by atoms with van der Waals surface area (Å²) in [5.41, 5.74) is 8.80. The smallest absolute Gasteiger partial charge is 0.238 e. The van der Waals surface area contributed by atoms with Crippen molar-refractivity contribution in [3.8, 4) is 0 Å². The van der Waals surface area contributed by atoms with E-state index in [1.54, 1.807) is 0 Å². The van der Waals surface area contributed by atoms with Gasteiger partial charge in [0.05, 0.1) is 6.54 Å². The van der Waals surface area contributed by atoms with E-state index in [-0.39, 0.29) is 11.4 Å². The third kappa shape index (κ3) is 5.41. The van der Waals surface area contributed by atoms with Crippen molar-refractivity contribution in [2.45, 2.75) is 33.2 Å². The Balaban J connectivity index is 2.58. The summed E-state index contributed by atoms with van der Waals surface area (Å²) in [6.45, 7) is 8.96. The van der Waals surface area contributed by atoms with Gasteiger partial charge in [-0.3, -0.25) is 9.69 Å². The first-order chi connectivity index (χ1) is 8.69. The highest BCUT2D eigenvalue weighted by Crippen LogP contribution is 2.17. The zero-order valence-corrected chi connectivity index (χ0v) is 12.6. The van der Waals surface area contributed by atoms with Gasteiger partial charge >= 0.3 is 0 Å². The Bertz CT molecular complexity index is 449. The highest BCUT2D eigenvalue weighted by atomic mass is 16.2. The van der Waals surface area contributed by atoms with Gasteiger partial charge in [-0.05, 0) is 51.9 Å². The van der Waals surface area contributed by atoms with Crippen LogP contribution in [0.4, 0.5) is 5.69 Å². The fraction of sp³-hybridized carbons (Fsp3) is 0.533. The van der Waals surface area contributed by atoms with Crippen molar-refractivity contribution >= 4 is 11.6 Å². The topological polar surface area (TPSA) is 58.4 Å². The fourth-order valence-electron chi connectivity index (χ4n) is 2.07. The number of aryl methyl sites for hydroxylation is 1. The predicted molar refractivity (Wildman–Crippen MR) is 80.3 cm³/mol. The van der Waals surface area contributed by atoms with Crippen molar-refractivity contribution in [2.24, 2.45) is 5.73 Å². The third-order valence-corrected chi connectivity index (χ3v) is 2.97. The summed E-state index contributed by atoms with van der Waals surface area (Å²) in [4.78, 5) is 13.9. The summed E-state index contributed by atoms with van der Waals surface area (Å²) in [5, 5.41) is 2.95. The molecule has 0 saturated heterocycles. The lowest BCUT2D eigenvalue weighted by atomic mass is 10.1. The van der Waals surface area contributed by atoms with Crippen LogP contribution in [0.15, 0.2) is 18.2 Å². The number of nitrogens with two attached hydrogens (primary N) is 1. The highest BCUT2D eigenvalue weighted by Gasteiger charge is 2.16. The van der Waals surface area contributed by atoms with Crippen LogP contribution in [0.5, 0.6) is 0 Å². The van der Waals surface area contributed by atoms with Gasteiger partial charge in [0.15, 0.2) is 0 Å². The number of hydrogen-bond acceptors (Lipinski definition) is 3. The summed E-state index contributed by atoms with van der Waals surface area (Å²) < 4.78 is 0. The molecule has 1 rings (SSSR count). The van der Waals surface area contributed by atoms with Gasteiger partial charge in [-0.1, -0.05) is 12.1 Å². The zero-order chi connectivity index (χ0) is 14.6. The van der Waals surface area contributed by atoms with Gasteiger partial charge < -0.3 is 11.1 Å². The monoisotopic (exact) mass is 263 g/mol. The average molecular weight is 263 g/mol. The predicted octanol–water partition coefficient (Wildman–Crippen LogP) is 1.91. The molecule has 0 radical (unpaired) electrons. The second-order valence-electron chi connectivity index (χ2n) is 5.96. The Morgan fingerprint density at radius 3 is 2.58 bits per heavy atom. The minimum atomic E-state index is -0.297. The van der Waals surface area contributed by atoms with Crippen LogP contribution in [0.3, 0.4) is 0 Å². The quantitative estimate of drug-likeness (QED) is 0.853. The third-order valence-electron chi connectivity index (χ3n) is 2.97. The van der Waals surface area contributed by atoms with Crippen LogP contribution in [-0.4, -0.2) is 36.5 Å². The van der Waals surface area contributed by atoms with E-state index >= 15 is 0 Å². The number of hydrogen-bond donors (Lipinski definition) is 2. The zero-order valence-electron chi connectivity index (χ0n) is 12.6. The molecule has 4 heteroatoms.